The second kappa shape index (κ2) is 7.82. The van der Waals surface area contributed by atoms with E-state index in [1.165, 1.54) is 4.90 Å². The van der Waals surface area contributed by atoms with Crippen LogP contribution in [0.1, 0.15) is 48.5 Å². The van der Waals surface area contributed by atoms with Gasteiger partial charge in [0.05, 0.1) is 17.5 Å². The molecule has 0 N–H and O–H groups in total. The summed E-state index contributed by atoms with van der Waals surface area (Å²) in [4.78, 5) is 39.3. The van der Waals surface area contributed by atoms with Crippen LogP contribution < -0.4 is 9.64 Å². The smallest absolute Gasteiger partial charge is 0.237 e. The maximum atomic E-state index is 12.7. The maximum Gasteiger partial charge on any atom is 0.237 e. The Balaban J connectivity index is 1.45. The lowest BCUT2D eigenvalue weighted by molar-refractivity contribution is -0.122. The Kier molecular flexibility index (Phi) is 5.22. The fraction of sp³-hybridized carbons (Fsp3) is 0.375. The molecule has 0 bridgehead atoms. The molecule has 3 atom stereocenters. The van der Waals surface area contributed by atoms with Gasteiger partial charge in [0, 0.05) is 5.56 Å². The van der Waals surface area contributed by atoms with Crippen molar-refractivity contribution >= 4 is 23.3 Å². The number of carbonyl (C=O) groups excluding carboxylic acids is 3. The number of amides is 2. The predicted octanol–water partition coefficient (Wildman–Crippen LogP) is 4.32. The maximum absolute atomic E-state index is 12.7. The lowest BCUT2D eigenvalue weighted by atomic mass is 9.81. The Bertz CT molecular complexity index is 908. The molecule has 4 rings (SSSR count). The number of imide groups is 1. The largest absolute Gasteiger partial charge is 0.483 e. The van der Waals surface area contributed by atoms with Gasteiger partial charge in [-0.15, -0.1) is 0 Å². The number of anilines is 1. The molecule has 2 aromatic rings. The van der Waals surface area contributed by atoms with Crippen molar-refractivity contribution < 1.29 is 19.1 Å². The van der Waals surface area contributed by atoms with Crippen molar-refractivity contribution in [1.29, 1.82) is 0 Å². The molecule has 2 fully saturated rings. The van der Waals surface area contributed by atoms with Crippen LogP contribution >= 0.6 is 0 Å². The predicted molar refractivity (Wildman–Crippen MR) is 110 cm³/mol. The van der Waals surface area contributed by atoms with Gasteiger partial charge in [0.25, 0.3) is 0 Å². The Morgan fingerprint density at radius 2 is 1.48 bits per heavy atom. The highest BCUT2D eigenvalue weighted by Gasteiger charge is 2.48. The summed E-state index contributed by atoms with van der Waals surface area (Å²) < 4.78 is 5.79. The molecule has 29 heavy (non-hydrogen) atoms. The van der Waals surface area contributed by atoms with Crippen molar-refractivity contribution in [1.82, 2.24) is 0 Å². The number of fused-ring (bicyclic) bond motifs is 1. The van der Waals surface area contributed by atoms with Crippen molar-refractivity contribution in [3.8, 4) is 5.75 Å². The van der Waals surface area contributed by atoms with Gasteiger partial charge in [-0.05, 0) is 51.0 Å². The first-order chi connectivity index (χ1) is 14.0. The summed E-state index contributed by atoms with van der Waals surface area (Å²) in [5.74, 6) is -0.0764. The van der Waals surface area contributed by atoms with E-state index in [0.29, 0.717) is 17.0 Å². The summed E-state index contributed by atoms with van der Waals surface area (Å²) in [6.45, 7) is 3.69. The SMILES string of the molecule is Cc1ccc(C(=O)C(C)Oc2ccc(N3C(=O)C4CCCCC4C3=O)cc2)cc1. The average Bonchev–Trinajstić information content (AvgIpc) is 2.99. The van der Waals surface area contributed by atoms with E-state index in [1.807, 2.05) is 19.1 Å². The van der Waals surface area contributed by atoms with E-state index in [9.17, 15) is 14.4 Å². The first-order valence-corrected chi connectivity index (χ1v) is 10.2. The summed E-state index contributed by atoms with van der Waals surface area (Å²) in [5, 5.41) is 0. The Morgan fingerprint density at radius 1 is 0.931 bits per heavy atom. The van der Waals surface area contributed by atoms with Crippen LogP contribution in [-0.2, 0) is 9.59 Å². The van der Waals surface area contributed by atoms with Crippen LogP contribution in [0.5, 0.6) is 5.75 Å². The molecule has 2 aliphatic rings. The number of carbonyl (C=O) groups is 3. The highest BCUT2D eigenvalue weighted by atomic mass is 16.5. The second-order valence-corrected chi connectivity index (χ2v) is 7.99. The monoisotopic (exact) mass is 391 g/mol. The minimum absolute atomic E-state index is 0.0868. The van der Waals surface area contributed by atoms with Crippen molar-refractivity contribution in [3.63, 3.8) is 0 Å². The van der Waals surface area contributed by atoms with Gasteiger partial charge in [-0.25, -0.2) is 0 Å². The molecule has 3 unspecified atom stereocenters. The number of nitrogens with zero attached hydrogens (tertiary/aromatic N) is 1. The minimum Gasteiger partial charge on any atom is -0.483 e. The molecule has 1 saturated heterocycles. The molecule has 2 amide bonds. The number of aryl methyl sites for hydroxylation is 1. The van der Waals surface area contributed by atoms with Gasteiger partial charge in [0.1, 0.15) is 5.75 Å². The fourth-order valence-corrected chi connectivity index (χ4v) is 4.30. The van der Waals surface area contributed by atoms with Crippen LogP contribution in [0, 0.1) is 18.8 Å². The molecule has 5 nitrogen and oxygen atoms in total. The van der Waals surface area contributed by atoms with Gasteiger partial charge < -0.3 is 4.74 Å². The standard InChI is InChI=1S/C24H25NO4/c1-15-7-9-17(10-8-15)22(26)16(2)29-19-13-11-18(12-14-19)25-23(27)20-5-3-4-6-21(20)24(25)28/h7-14,16,20-21H,3-6H2,1-2H3. The van der Waals surface area contributed by atoms with E-state index in [4.69, 9.17) is 4.74 Å². The second-order valence-electron chi connectivity index (χ2n) is 7.99. The van der Waals surface area contributed by atoms with Gasteiger partial charge >= 0.3 is 0 Å². The third-order valence-electron chi connectivity index (χ3n) is 5.95. The zero-order valence-electron chi connectivity index (χ0n) is 16.8. The molecule has 0 radical (unpaired) electrons. The molecule has 1 saturated carbocycles. The highest BCUT2D eigenvalue weighted by molar-refractivity contribution is 6.22. The number of benzene rings is 2. The Morgan fingerprint density at radius 3 is 2.03 bits per heavy atom. The molecule has 5 heteroatoms. The molecule has 1 heterocycles. The molecule has 0 spiro atoms. The summed E-state index contributed by atoms with van der Waals surface area (Å²) in [7, 11) is 0. The van der Waals surface area contributed by atoms with E-state index in [1.54, 1.807) is 43.3 Å². The van der Waals surface area contributed by atoms with Gasteiger partial charge in [-0.3, -0.25) is 19.3 Å². The van der Waals surface area contributed by atoms with E-state index in [2.05, 4.69) is 0 Å². The molecular weight excluding hydrogens is 366 g/mol. The third kappa shape index (κ3) is 3.69. The summed E-state index contributed by atoms with van der Waals surface area (Å²) in [6, 6.07) is 14.2. The third-order valence-corrected chi connectivity index (χ3v) is 5.95. The first-order valence-electron chi connectivity index (χ1n) is 10.2. The number of ketones is 1. The quantitative estimate of drug-likeness (QED) is 0.562. The average molecular weight is 391 g/mol. The van der Waals surface area contributed by atoms with Crippen LogP contribution in [0.25, 0.3) is 0 Å². The molecule has 1 aliphatic carbocycles. The Hall–Kier alpha value is -2.95. The van der Waals surface area contributed by atoms with Gasteiger partial charge in [0.15, 0.2) is 6.10 Å². The van der Waals surface area contributed by atoms with Crippen LogP contribution in [0.4, 0.5) is 5.69 Å². The van der Waals surface area contributed by atoms with Gasteiger partial charge in [0.2, 0.25) is 17.6 Å². The van der Waals surface area contributed by atoms with E-state index in [0.717, 1.165) is 31.2 Å². The van der Waals surface area contributed by atoms with Gasteiger partial charge in [-0.1, -0.05) is 42.7 Å². The zero-order chi connectivity index (χ0) is 20.5. The van der Waals surface area contributed by atoms with Gasteiger partial charge in [-0.2, -0.15) is 0 Å². The molecule has 2 aromatic carbocycles. The lowest BCUT2D eigenvalue weighted by Crippen LogP contribution is -2.30. The normalized spacial score (nSPS) is 22.3. The van der Waals surface area contributed by atoms with Crippen LogP contribution in [-0.4, -0.2) is 23.7 Å². The van der Waals surface area contributed by atoms with Crippen LogP contribution in [0.15, 0.2) is 48.5 Å². The Labute approximate surface area is 170 Å². The summed E-state index contributed by atoms with van der Waals surface area (Å²) in [6.07, 6.45) is 2.97. The van der Waals surface area contributed by atoms with Crippen molar-refractivity contribution in [2.75, 3.05) is 4.90 Å². The van der Waals surface area contributed by atoms with E-state index >= 15 is 0 Å². The fourth-order valence-electron chi connectivity index (χ4n) is 4.30. The van der Waals surface area contributed by atoms with E-state index < -0.39 is 6.10 Å². The topological polar surface area (TPSA) is 63.7 Å². The number of Topliss-reactive ketones (excluding diaryl/α,β-unsaturated/α-hetero) is 1. The van der Waals surface area contributed by atoms with Crippen molar-refractivity contribution in [2.24, 2.45) is 11.8 Å². The van der Waals surface area contributed by atoms with Crippen molar-refractivity contribution in [2.45, 2.75) is 45.6 Å². The number of rotatable bonds is 5. The first kappa shape index (κ1) is 19.4. The van der Waals surface area contributed by atoms with Crippen molar-refractivity contribution in [3.05, 3.63) is 59.7 Å². The van der Waals surface area contributed by atoms with Crippen LogP contribution in [0.3, 0.4) is 0 Å². The number of ether oxygens (including phenoxy) is 1. The van der Waals surface area contributed by atoms with E-state index in [-0.39, 0.29) is 29.4 Å². The lowest BCUT2D eigenvalue weighted by Gasteiger charge is -2.19. The zero-order valence-corrected chi connectivity index (χ0v) is 16.8. The number of hydrogen-bond donors (Lipinski definition) is 0. The minimum atomic E-state index is -0.638. The summed E-state index contributed by atoms with van der Waals surface area (Å²) in [5.41, 5.74) is 2.27. The molecule has 150 valence electrons. The number of hydrogen-bond acceptors (Lipinski definition) is 4. The molecular formula is C24H25NO4. The molecule has 1 aliphatic heterocycles. The highest BCUT2D eigenvalue weighted by Crippen LogP contribution is 2.40. The molecule has 0 aromatic heterocycles. The summed E-state index contributed by atoms with van der Waals surface area (Å²) >= 11 is 0. The van der Waals surface area contributed by atoms with Crippen LogP contribution in [0.2, 0.25) is 0 Å².